The summed E-state index contributed by atoms with van der Waals surface area (Å²) in [7, 11) is 1.52. The van der Waals surface area contributed by atoms with Crippen LogP contribution < -0.4 is 15.4 Å². The van der Waals surface area contributed by atoms with E-state index in [1.54, 1.807) is 24.5 Å². The van der Waals surface area contributed by atoms with Gasteiger partial charge in [-0.15, -0.1) is 0 Å². The number of nitrogens with zero attached hydrogens (tertiary/aromatic N) is 1. The number of carbonyl (C=O) groups is 2. The van der Waals surface area contributed by atoms with Gasteiger partial charge in [-0.25, -0.2) is 4.39 Å². The van der Waals surface area contributed by atoms with Crippen molar-refractivity contribution in [1.82, 2.24) is 15.6 Å². The van der Waals surface area contributed by atoms with Crippen LogP contribution in [0.5, 0.6) is 5.75 Å². The zero-order valence-electron chi connectivity index (χ0n) is 15.8. The predicted molar refractivity (Wildman–Crippen MR) is 102 cm³/mol. The summed E-state index contributed by atoms with van der Waals surface area (Å²) < 4.78 is 19.5. The van der Waals surface area contributed by atoms with Crippen LogP contribution in [0.4, 0.5) is 4.39 Å². The first-order valence-electron chi connectivity index (χ1n) is 9.29. The summed E-state index contributed by atoms with van der Waals surface area (Å²) in [6.07, 6.45) is 5.32. The molecule has 1 atom stereocenters. The molecule has 0 radical (unpaired) electrons. The van der Waals surface area contributed by atoms with E-state index in [2.05, 4.69) is 15.6 Å². The van der Waals surface area contributed by atoms with E-state index in [0.717, 1.165) is 5.56 Å². The standard InChI is InChI=1S/C21H24FN3O3/c1-28-17-4-5-18(22)16(11-17)12-21(9-7-20(27)25-21)8-6-19(26)24-14-15-3-2-10-23-13-15/h2-5,10-11,13H,6-9,12,14H2,1H3,(H,24,26)(H,25,27). The van der Waals surface area contributed by atoms with Crippen LogP contribution in [-0.4, -0.2) is 29.4 Å². The highest BCUT2D eigenvalue weighted by atomic mass is 19.1. The number of nitrogens with one attached hydrogen (secondary N) is 2. The highest BCUT2D eigenvalue weighted by molar-refractivity contribution is 5.80. The Labute approximate surface area is 163 Å². The summed E-state index contributed by atoms with van der Waals surface area (Å²) in [5, 5.41) is 5.83. The van der Waals surface area contributed by atoms with E-state index in [-0.39, 0.29) is 24.1 Å². The normalized spacial score (nSPS) is 18.6. The van der Waals surface area contributed by atoms with Gasteiger partial charge < -0.3 is 15.4 Å². The van der Waals surface area contributed by atoms with Gasteiger partial charge in [0.2, 0.25) is 11.8 Å². The molecular formula is C21H24FN3O3. The molecule has 0 saturated carbocycles. The van der Waals surface area contributed by atoms with E-state index in [0.29, 0.717) is 43.5 Å². The molecule has 3 rings (SSSR count). The first-order valence-corrected chi connectivity index (χ1v) is 9.29. The second-order valence-corrected chi connectivity index (χ2v) is 7.10. The number of pyridine rings is 1. The maximum Gasteiger partial charge on any atom is 0.220 e. The minimum atomic E-state index is -0.629. The summed E-state index contributed by atoms with van der Waals surface area (Å²) in [4.78, 5) is 28.2. The van der Waals surface area contributed by atoms with Gasteiger partial charge in [-0.2, -0.15) is 0 Å². The molecule has 1 aliphatic heterocycles. The third kappa shape index (κ3) is 5.06. The fourth-order valence-electron chi connectivity index (χ4n) is 3.50. The first-order chi connectivity index (χ1) is 13.5. The molecule has 2 heterocycles. The number of methoxy groups -OCH3 is 1. The molecule has 1 aromatic heterocycles. The van der Waals surface area contributed by atoms with E-state index >= 15 is 0 Å². The number of amides is 2. The Bertz CT molecular complexity index is 844. The van der Waals surface area contributed by atoms with Crippen molar-refractivity contribution in [2.75, 3.05) is 7.11 Å². The van der Waals surface area contributed by atoms with Crippen LogP contribution in [0, 0.1) is 5.82 Å². The minimum absolute atomic E-state index is 0.0703. The van der Waals surface area contributed by atoms with Gasteiger partial charge in [0, 0.05) is 37.3 Å². The Hall–Kier alpha value is -2.96. The average Bonchev–Trinajstić information content (AvgIpc) is 3.08. The van der Waals surface area contributed by atoms with Gasteiger partial charge in [-0.05, 0) is 54.7 Å². The Morgan fingerprint density at radius 1 is 1.39 bits per heavy atom. The van der Waals surface area contributed by atoms with E-state index in [9.17, 15) is 14.0 Å². The zero-order chi connectivity index (χ0) is 20.0. The molecule has 6 nitrogen and oxygen atoms in total. The average molecular weight is 385 g/mol. The smallest absolute Gasteiger partial charge is 0.220 e. The molecule has 2 N–H and O–H groups in total. The lowest BCUT2D eigenvalue weighted by Gasteiger charge is -2.29. The second-order valence-electron chi connectivity index (χ2n) is 7.10. The Morgan fingerprint density at radius 3 is 2.93 bits per heavy atom. The second kappa shape index (κ2) is 8.82. The molecule has 28 heavy (non-hydrogen) atoms. The molecule has 1 aliphatic rings. The molecule has 1 aromatic carbocycles. The van der Waals surface area contributed by atoms with Crippen LogP contribution in [0.3, 0.4) is 0 Å². The highest BCUT2D eigenvalue weighted by Gasteiger charge is 2.38. The van der Waals surface area contributed by atoms with Crippen LogP contribution in [0.15, 0.2) is 42.7 Å². The summed E-state index contributed by atoms with van der Waals surface area (Å²) in [5.41, 5.74) is 0.756. The van der Waals surface area contributed by atoms with Crippen molar-refractivity contribution in [2.24, 2.45) is 0 Å². The first kappa shape index (κ1) is 19.8. The summed E-state index contributed by atoms with van der Waals surface area (Å²) in [6.45, 7) is 0.399. The molecule has 2 aromatic rings. The number of ether oxygens (including phenoxy) is 1. The fourth-order valence-corrected chi connectivity index (χ4v) is 3.50. The van der Waals surface area contributed by atoms with Crippen LogP contribution in [0.1, 0.15) is 36.8 Å². The Balaban J connectivity index is 1.63. The van der Waals surface area contributed by atoms with Crippen molar-refractivity contribution in [3.63, 3.8) is 0 Å². The molecular weight excluding hydrogens is 361 g/mol. The van der Waals surface area contributed by atoms with Crippen LogP contribution in [-0.2, 0) is 22.6 Å². The topological polar surface area (TPSA) is 80.3 Å². The van der Waals surface area contributed by atoms with Crippen molar-refractivity contribution in [3.8, 4) is 5.75 Å². The molecule has 148 valence electrons. The quantitative estimate of drug-likeness (QED) is 0.732. The van der Waals surface area contributed by atoms with Crippen LogP contribution >= 0.6 is 0 Å². The zero-order valence-corrected chi connectivity index (χ0v) is 15.8. The SMILES string of the molecule is COc1ccc(F)c(CC2(CCC(=O)NCc3cccnc3)CCC(=O)N2)c1. The van der Waals surface area contributed by atoms with Crippen molar-refractivity contribution < 1.29 is 18.7 Å². The number of rotatable bonds is 8. The number of aromatic nitrogens is 1. The van der Waals surface area contributed by atoms with Crippen molar-refractivity contribution in [1.29, 1.82) is 0 Å². The van der Waals surface area contributed by atoms with Crippen LogP contribution in [0.2, 0.25) is 0 Å². The van der Waals surface area contributed by atoms with Gasteiger partial charge in [-0.3, -0.25) is 14.6 Å². The van der Waals surface area contributed by atoms with Crippen molar-refractivity contribution in [2.45, 2.75) is 44.2 Å². The van der Waals surface area contributed by atoms with E-state index in [1.165, 1.54) is 13.2 Å². The third-order valence-electron chi connectivity index (χ3n) is 5.06. The number of hydrogen-bond acceptors (Lipinski definition) is 4. The minimum Gasteiger partial charge on any atom is -0.497 e. The van der Waals surface area contributed by atoms with Gasteiger partial charge in [0.05, 0.1) is 7.11 Å². The fraction of sp³-hybridized carbons (Fsp3) is 0.381. The van der Waals surface area contributed by atoms with Gasteiger partial charge >= 0.3 is 0 Å². The van der Waals surface area contributed by atoms with Gasteiger partial charge in [-0.1, -0.05) is 6.07 Å². The van der Waals surface area contributed by atoms with Gasteiger partial charge in [0.1, 0.15) is 11.6 Å². The van der Waals surface area contributed by atoms with Crippen molar-refractivity contribution in [3.05, 3.63) is 59.7 Å². The molecule has 1 saturated heterocycles. The maximum atomic E-state index is 14.3. The third-order valence-corrected chi connectivity index (χ3v) is 5.06. The maximum absolute atomic E-state index is 14.3. The molecule has 1 unspecified atom stereocenters. The van der Waals surface area contributed by atoms with E-state index in [4.69, 9.17) is 4.74 Å². The molecule has 0 bridgehead atoms. The number of benzene rings is 1. The molecule has 1 fully saturated rings. The summed E-state index contributed by atoms with van der Waals surface area (Å²) in [6, 6.07) is 8.26. The number of hydrogen-bond donors (Lipinski definition) is 2. The highest BCUT2D eigenvalue weighted by Crippen LogP contribution is 2.31. The number of halogens is 1. The van der Waals surface area contributed by atoms with Gasteiger partial charge in [0.15, 0.2) is 0 Å². The van der Waals surface area contributed by atoms with E-state index < -0.39 is 5.54 Å². The Morgan fingerprint density at radius 2 is 2.25 bits per heavy atom. The predicted octanol–water partition coefficient (Wildman–Crippen LogP) is 2.52. The monoisotopic (exact) mass is 385 g/mol. The largest absolute Gasteiger partial charge is 0.497 e. The number of carbonyl (C=O) groups excluding carboxylic acids is 2. The summed E-state index contributed by atoms with van der Waals surface area (Å²) in [5.74, 6) is 0.0296. The molecule has 2 amide bonds. The van der Waals surface area contributed by atoms with Crippen LogP contribution in [0.25, 0.3) is 0 Å². The molecule has 0 spiro atoms. The lowest BCUT2D eigenvalue weighted by atomic mass is 9.84. The molecule has 7 heteroatoms. The summed E-state index contributed by atoms with van der Waals surface area (Å²) >= 11 is 0. The lowest BCUT2D eigenvalue weighted by Crippen LogP contribution is -2.44. The molecule has 0 aliphatic carbocycles. The lowest BCUT2D eigenvalue weighted by molar-refractivity contribution is -0.122. The van der Waals surface area contributed by atoms with Crippen molar-refractivity contribution >= 4 is 11.8 Å². The van der Waals surface area contributed by atoms with E-state index in [1.807, 2.05) is 12.1 Å². The Kier molecular flexibility index (Phi) is 6.23. The van der Waals surface area contributed by atoms with Gasteiger partial charge in [0.25, 0.3) is 0 Å².